The van der Waals surface area contributed by atoms with E-state index in [9.17, 15) is 4.79 Å². The largest absolute Gasteiger partial charge is 0.497 e. The smallest absolute Gasteiger partial charge is 0.331 e. The lowest BCUT2D eigenvalue weighted by Crippen LogP contribution is -2.00. The summed E-state index contributed by atoms with van der Waals surface area (Å²) >= 11 is 0. The van der Waals surface area contributed by atoms with E-state index in [1.165, 1.54) is 11.6 Å². The molecule has 21 heavy (non-hydrogen) atoms. The van der Waals surface area contributed by atoms with Gasteiger partial charge >= 0.3 is 5.97 Å². The first kappa shape index (κ1) is 14.9. The van der Waals surface area contributed by atoms with E-state index in [0.717, 1.165) is 16.9 Å². The summed E-state index contributed by atoms with van der Waals surface area (Å²) in [6.45, 7) is 2.31. The predicted molar refractivity (Wildman–Crippen MR) is 83.0 cm³/mol. The van der Waals surface area contributed by atoms with Crippen LogP contribution >= 0.6 is 0 Å². The molecule has 0 radical (unpaired) electrons. The molecule has 0 unspecified atom stereocenters. The van der Waals surface area contributed by atoms with E-state index < -0.39 is 0 Å². The minimum Gasteiger partial charge on any atom is -0.497 e. The number of hydrogen-bond donors (Lipinski definition) is 0. The Labute approximate surface area is 124 Å². The molecule has 3 heteroatoms. The topological polar surface area (TPSA) is 35.5 Å². The summed E-state index contributed by atoms with van der Waals surface area (Å²) in [6, 6.07) is 15.3. The van der Waals surface area contributed by atoms with Crippen molar-refractivity contribution >= 4 is 12.0 Å². The monoisotopic (exact) mass is 282 g/mol. The molecule has 3 nitrogen and oxygen atoms in total. The molecule has 0 fully saturated rings. The van der Waals surface area contributed by atoms with Gasteiger partial charge in [0.1, 0.15) is 12.4 Å². The summed E-state index contributed by atoms with van der Waals surface area (Å²) in [5.74, 6) is 0.431. The highest BCUT2D eigenvalue weighted by Crippen LogP contribution is 2.12. The fraction of sp³-hybridized carbons (Fsp3) is 0.167. The van der Waals surface area contributed by atoms with Gasteiger partial charge in [0, 0.05) is 6.08 Å². The van der Waals surface area contributed by atoms with Crippen LogP contribution in [0.2, 0.25) is 0 Å². The van der Waals surface area contributed by atoms with Gasteiger partial charge in [-0.3, -0.25) is 0 Å². The molecule has 0 heterocycles. The van der Waals surface area contributed by atoms with E-state index in [1.54, 1.807) is 13.2 Å². The van der Waals surface area contributed by atoms with Gasteiger partial charge in [-0.15, -0.1) is 0 Å². The molecule has 0 bridgehead atoms. The van der Waals surface area contributed by atoms with E-state index in [-0.39, 0.29) is 12.6 Å². The van der Waals surface area contributed by atoms with Crippen molar-refractivity contribution < 1.29 is 14.3 Å². The van der Waals surface area contributed by atoms with Crippen LogP contribution in [0.5, 0.6) is 5.75 Å². The quantitative estimate of drug-likeness (QED) is 0.618. The Bertz CT molecular complexity index is 610. The van der Waals surface area contributed by atoms with Gasteiger partial charge in [-0.25, -0.2) is 4.79 Å². The molecule has 0 atom stereocenters. The molecule has 0 aliphatic rings. The van der Waals surface area contributed by atoms with E-state index in [4.69, 9.17) is 9.47 Å². The van der Waals surface area contributed by atoms with Gasteiger partial charge in [0.2, 0.25) is 0 Å². The summed E-state index contributed by atoms with van der Waals surface area (Å²) in [5, 5.41) is 0. The summed E-state index contributed by atoms with van der Waals surface area (Å²) in [6.07, 6.45) is 3.15. The summed E-state index contributed by atoms with van der Waals surface area (Å²) in [7, 11) is 1.62. The molecule has 0 aliphatic carbocycles. The van der Waals surface area contributed by atoms with Crippen molar-refractivity contribution in [3.8, 4) is 5.75 Å². The Balaban J connectivity index is 1.85. The van der Waals surface area contributed by atoms with E-state index in [0.29, 0.717) is 0 Å². The van der Waals surface area contributed by atoms with Gasteiger partial charge in [0.25, 0.3) is 0 Å². The van der Waals surface area contributed by atoms with Crippen LogP contribution in [-0.2, 0) is 16.1 Å². The third-order valence-electron chi connectivity index (χ3n) is 3.03. The number of carbonyl (C=O) groups excluding carboxylic acids is 1. The van der Waals surface area contributed by atoms with Crippen LogP contribution in [0.4, 0.5) is 0 Å². The second-order valence-electron chi connectivity index (χ2n) is 4.70. The molecule has 2 aromatic rings. The second kappa shape index (κ2) is 7.29. The zero-order chi connectivity index (χ0) is 15.1. The molecule has 108 valence electrons. The third-order valence-corrected chi connectivity index (χ3v) is 3.03. The normalized spacial score (nSPS) is 10.6. The molecule has 2 rings (SSSR count). The van der Waals surface area contributed by atoms with E-state index >= 15 is 0 Å². The maximum atomic E-state index is 11.6. The van der Waals surface area contributed by atoms with Crippen molar-refractivity contribution in [1.29, 1.82) is 0 Å². The van der Waals surface area contributed by atoms with Crippen LogP contribution in [0.3, 0.4) is 0 Å². The molecule has 0 spiro atoms. The first-order valence-corrected chi connectivity index (χ1v) is 6.72. The molecule has 0 amide bonds. The van der Waals surface area contributed by atoms with Gasteiger partial charge < -0.3 is 9.47 Å². The molecule has 0 saturated heterocycles. The van der Waals surface area contributed by atoms with Crippen LogP contribution in [0, 0.1) is 6.92 Å². The highest BCUT2D eigenvalue weighted by molar-refractivity contribution is 5.87. The van der Waals surface area contributed by atoms with Crippen molar-refractivity contribution in [3.05, 3.63) is 71.3 Å². The van der Waals surface area contributed by atoms with Crippen molar-refractivity contribution in [2.45, 2.75) is 13.5 Å². The predicted octanol–water partition coefficient (Wildman–Crippen LogP) is 3.76. The standard InChI is InChI=1S/C18H18O3/c1-14-3-5-16(6-4-14)13-21-18(19)12-9-15-7-10-17(20-2)11-8-15/h3-12H,13H2,1-2H3. The van der Waals surface area contributed by atoms with Crippen LogP contribution in [0.25, 0.3) is 6.08 Å². The lowest BCUT2D eigenvalue weighted by molar-refractivity contribution is -0.138. The summed E-state index contributed by atoms with van der Waals surface area (Å²) < 4.78 is 10.3. The Hall–Kier alpha value is -2.55. The highest BCUT2D eigenvalue weighted by Gasteiger charge is 1.99. The van der Waals surface area contributed by atoms with E-state index in [1.807, 2.05) is 55.5 Å². The Kier molecular flexibility index (Phi) is 5.16. The third kappa shape index (κ3) is 4.80. The van der Waals surface area contributed by atoms with Gasteiger partial charge in [0.15, 0.2) is 0 Å². The van der Waals surface area contributed by atoms with Crippen molar-refractivity contribution in [2.24, 2.45) is 0 Å². The lowest BCUT2D eigenvalue weighted by Gasteiger charge is -2.03. The number of esters is 1. The second-order valence-corrected chi connectivity index (χ2v) is 4.70. The molecule has 0 aromatic heterocycles. The number of rotatable bonds is 5. The average Bonchev–Trinajstić information content (AvgIpc) is 2.53. The van der Waals surface area contributed by atoms with Crippen molar-refractivity contribution in [2.75, 3.05) is 7.11 Å². The molecular weight excluding hydrogens is 264 g/mol. The Morgan fingerprint density at radius 1 is 1.05 bits per heavy atom. The van der Waals surface area contributed by atoms with Crippen LogP contribution in [0.1, 0.15) is 16.7 Å². The maximum absolute atomic E-state index is 11.6. The van der Waals surface area contributed by atoms with Crippen LogP contribution in [0.15, 0.2) is 54.6 Å². The zero-order valence-corrected chi connectivity index (χ0v) is 12.2. The molecule has 2 aromatic carbocycles. The van der Waals surface area contributed by atoms with Gasteiger partial charge in [-0.2, -0.15) is 0 Å². The number of methoxy groups -OCH3 is 1. The molecule has 0 N–H and O–H groups in total. The Morgan fingerprint density at radius 3 is 2.33 bits per heavy atom. The SMILES string of the molecule is COc1ccc(C=CC(=O)OCc2ccc(C)cc2)cc1. The minimum absolute atomic E-state index is 0.284. The lowest BCUT2D eigenvalue weighted by atomic mass is 10.2. The van der Waals surface area contributed by atoms with Crippen molar-refractivity contribution in [1.82, 2.24) is 0 Å². The zero-order valence-electron chi connectivity index (χ0n) is 12.2. The summed E-state index contributed by atoms with van der Waals surface area (Å²) in [5.41, 5.74) is 3.08. The maximum Gasteiger partial charge on any atom is 0.331 e. The van der Waals surface area contributed by atoms with Crippen LogP contribution in [-0.4, -0.2) is 13.1 Å². The van der Waals surface area contributed by atoms with Crippen LogP contribution < -0.4 is 4.74 Å². The molecular formula is C18H18O3. The Morgan fingerprint density at radius 2 is 1.71 bits per heavy atom. The van der Waals surface area contributed by atoms with Gasteiger partial charge in [0.05, 0.1) is 7.11 Å². The molecule has 0 aliphatic heterocycles. The summed E-state index contributed by atoms with van der Waals surface area (Å²) in [4.78, 5) is 11.6. The van der Waals surface area contributed by atoms with Crippen molar-refractivity contribution in [3.63, 3.8) is 0 Å². The fourth-order valence-electron chi connectivity index (χ4n) is 1.77. The number of hydrogen-bond acceptors (Lipinski definition) is 3. The van der Waals surface area contributed by atoms with E-state index in [2.05, 4.69) is 0 Å². The highest BCUT2D eigenvalue weighted by atomic mass is 16.5. The average molecular weight is 282 g/mol. The number of aryl methyl sites for hydroxylation is 1. The number of benzene rings is 2. The minimum atomic E-state index is -0.355. The van der Waals surface area contributed by atoms with Gasteiger partial charge in [-0.05, 0) is 36.3 Å². The molecule has 0 saturated carbocycles. The number of ether oxygens (including phenoxy) is 2. The fourth-order valence-corrected chi connectivity index (χ4v) is 1.77. The van der Waals surface area contributed by atoms with Gasteiger partial charge in [-0.1, -0.05) is 42.0 Å². The first-order valence-electron chi connectivity index (χ1n) is 6.72. The first-order chi connectivity index (χ1) is 10.2. The number of carbonyl (C=O) groups is 1.